The number of ether oxygens (including phenoxy) is 3. The van der Waals surface area contributed by atoms with Gasteiger partial charge in [0, 0.05) is 19.3 Å². The summed E-state index contributed by atoms with van der Waals surface area (Å²) >= 11 is 0. The van der Waals surface area contributed by atoms with Crippen molar-refractivity contribution in [2.75, 3.05) is 41.0 Å². The lowest BCUT2D eigenvalue weighted by Gasteiger charge is -2.34. The number of aliphatic carboxylic acids is 1. The van der Waals surface area contributed by atoms with Gasteiger partial charge >= 0.3 is 11.9 Å². The average Bonchev–Trinajstić information content (AvgIpc) is 3.12. The summed E-state index contributed by atoms with van der Waals surface area (Å²) in [4.78, 5) is 36.8. The van der Waals surface area contributed by atoms with Crippen LogP contribution in [0.1, 0.15) is 149 Å². The van der Waals surface area contributed by atoms with Crippen molar-refractivity contribution in [3.8, 4) is 0 Å². The number of esters is 2. The summed E-state index contributed by atoms with van der Waals surface area (Å²) in [6, 6.07) is -0.735. The second-order valence-electron chi connectivity index (χ2n) is 14.8. The lowest BCUT2D eigenvalue weighted by molar-refractivity contribution is -0.889. The Kier molecular flexibility index (Phi) is 34.5. The molecule has 0 aliphatic heterocycles. The van der Waals surface area contributed by atoms with Crippen molar-refractivity contribution in [2.24, 2.45) is 0 Å². The number of carboxylic acids is 1. The average molecular weight is 756 g/mol. The van der Waals surface area contributed by atoms with Gasteiger partial charge in [0.15, 0.2) is 6.10 Å². The van der Waals surface area contributed by atoms with Crippen molar-refractivity contribution in [1.82, 2.24) is 0 Å². The van der Waals surface area contributed by atoms with Crippen LogP contribution in [0.25, 0.3) is 0 Å². The molecular formula is C46H77NO7. The van der Waals surface area contributed by atoms with E-state index in [-0.39, 0.29) is 42.7 Å². The van der Waals surface area contributed by atoms with Gasteiger partial charge in [0.1, 0.15) is 12.6 Å². The Morgan fingerprint density at radius 2 is 0.981 bits per heavy atom. The maximum atomic E-state index is 12.7. The topological polar surface area (TPSA) is 102 Å². The second-order valence-corrected chi connectivity index (χ2v) is 14.8. The highest BCUT2D eigenvalue weighted by Crippen LogP contribution is 2.13. The molecule has 0 aliphatic rings. The van der Waals surface area contributed by atoms with Gasteiger partial charge < -0.3 is 28.6 Å². The predicted molar refractivity (Wildman–Crippen MR) is 222 cm³/mol. The quantitative estimate of drug-likeness (QED) is 0.0272. The lowest BCUT2D eigenvalue weighted by Crippen LogP contribution is -2.55. The summed E-state index contributed by atoms with van der Waals surface area (Å²) in [6.45, 7) is 4.37. The van der Waals surface area contributed by atoms with Crippen LogP contribution in [0.15, 0.2) is 72.9 Å². The van der Waals surface area contributed by atoms with E-state index in [0.717, 1.165) is 96.3 Å². The third kappa shape index (κ3) is 34.5. The van der Waals surface area contributed by atoms with Gasteiger partial charge in [-0.25, -0.2) is 0 Å². The molecule has 308 valence electrons. The van der Waals surface area contributed by atoms with Gasteiger partial charge in [0.2, 0.25) is 0 Å². The van der Waals surface area contributed by atoms with E-state index < -0.39 is 18.1 Å². The van der Waals surface area contributed by atoms with Crippen molar-refractivity contribution in [3.63, 3.8) is 0 Å². The molecule has 0 fully saturated rings. The van der Waals surface area contributed by atoms with Crippen molar-refractivity contribution >= 4 is 17.9 Å². The number of carbonyl (C=O) groups excluding carboxylic acids is 3. The van der Waals surface area contributed by atoms with Gasteiger partial charge in [-0.15, -0.1) is 0 Å². The highest BCUT2D eigenvalue weighted by molar-refractivity contribution is 5.70. The summed E-state index contributed by atoms with van der Waals surface area (Å²) in [5.74, 6) is -1.80. The number of nitrogens with zero attached hydrogens (tertiary/aromatic N) is 1. The van der Waals surface area contributed by atoms with Crippen molar-refractivity contribution in [1.29, 1.82) is 0 Å². The smallest absolute Gasteiger partial charge is 0.306 e. The van der Waals surface area contributed by atoms with Crippen LogP contribution >= 0.6 is 0 Å². The van der Waals surface area contributed by atoms with Crippen LogP contribution in [0.4, 0.5) is 0 Å². The highest BCUT2D eigenvalue weighted by Gasteiger charge is 2.25. The van der Waals surface area contributed by atoms with Crippen LogP contribution in [-0.2, 0) is 28.6 Å². The first-order valence-corrected chi connectivity index (χ1v) is 21.0. The number of allylic oxidation sites excluding steroid dienone is 12. The van der Waals surface area contributed by atoms with Gasteiger partial charge in [-0.1, -0.05) is 125 Å². The van der Waals surface area contributed by atoms with Crippen molar-refractivity contribution in [3.05, 3.63) is 72.9 Å². The third-order valence-electron chi connectivity index (χ3n) is 8.84. The Labute approximate surface area is 330 Å². The Morgan fingerprint density at radius 1 is 0.556 bits per heavy atom. The van der Waals surface area contributed by atoms with Crippen molar-refractivity contribution in [2.45, 2.75) is 161 Å². The first-order valence-electron chi connectivity index (χ1n) is 21.0. The normalized spacial score (nSPS) is 13.7. The number of unbranched alkanes of at least 4 members (excludes halogenated alkanes) is 10. The zero-order valence-electron chi connectivity index (χ0n) is 34.9. The monoisotopic (exact) mass is 756 g/mol. The fourth-order valence-electron chi connectivity index (χ4n) is 5.63. The molecule has 0 amide bonds. The van der Waals surface area contributed by atoms with E-state index in [1.807, 2.05) is 0 Å². The third-order valence-corrected chi connectivity index (χ3v) is 8.84. The van der Waals surface area contributed by atoms with Crippen LogP contribution in [0, 0.1) is 0 Å². The van der Waals surface area contributed by atoms with Gasteiger partial charge in [-0.3, -0.25) is 9.59 Å². The van der Waals surface area contributed by atoms with E-state index in [9.17, 15) is 19.5 Å². The van der Waals surface area contributed by atoms with E-state index in [2.05, 4.69) is 86.8 Å². The minimum atomic E-state index is -1.13. The maximum Gasteiger partial charge on any atom is 0.306 e. The number of hydrogen-bond acceptors (Lipinski definition) is 7. The summed E-state index contributed by atoms with van der Waals surface area (Å²) in [7, 11) is 5.38. The molecule has 2 atom stereocenters. The molecule has 54 heavy (non-hydrogen) atoms. The summed E-state index contributed by atoms with van der Waals surface area (Å²) < 4.78 is 17.1. The molecule has 0 aliphatic carbocycles. The number of quaternary nitrogens is 1. The van der Waals surface area contributed by atoms with E-state index >= 15 is 0 Å². The first-order chi connectivity index (χ1) is 26.1. The standard InChI is InChI=1S/C46H77NO7/c1-6-8-10-12-14-16-18-20-21-22-23-25-27-29-31-33-35-37-45(49)54-42(40-52-39-38-43(46(50)51)47(3,4)5)41-53-44(48)36-34-32-30-28-26-24-19-17-15-13-11-9-7-2/h8-11,14-17,20-21,24,26,42-43H,6-7,12-13,18-19,22-23,25,27-41H2,1-5H3/b10-8-,11-9-,16-14-,17-15-,21-20-,26-24-. The Morgan fingerprint density at radius 3 is 1.46 bits per heavy atom. The second kappa shape index (κ2) is 36.7. The van der Waals surface area contributed by atoms with Crippen LogP contribution in [0.5, 0.6) is 0 Å². The molecule has 0 saturated heterocycles. The molecule has 0 radical (unpaired) electrons. The van der Waals surface area contributed by atoms with Crippen molar-refractivity contribution < 1.29 is 38.2 Å². The Balaban J connectivity index is 4.43. The minimum Gasteiger partial charge on any atom is -0.544 e. The highest BCUT2D eigenvalue weighted by atomic mass is 16.6. The zero-order valence-corrected chi connectivity index (χ0v) is 34.9. The molecule has 0 rings (SSSR count). The Hall–Kier alpha value is -3.23. The van der Waals surface area contributed by atoms with Crippen LogP contribution in [0.2, 0.25) is 0 Å². The fourth-order valence-corrected chi connectivity index (χ4v) is 5.63. The molecule has 2 unspecified atom stereocenters. The molecule has 0 aromatic carbocycles. The van der Waals surface area contributed by atoms with E-state index in [1.165, 1.54) is 19.3 Å². The molecule has 0 N–H and O–H groups in total. The van der Waals surface area contributed by atoms with Gasteiger partial charge in [0.25, 0.3) is 0 Å². The number of hydrogen-bond donors (Lipinski definition) is 0. The molecule has 8 nitrogen and oxygen atoms in total. The molecule has 0 bridgehead atoms. The molecule has 0 heterocycles. The first kappa shape index (κ1) is 50.8. The number of carbonyl (C=O) groups is 3. The summed E-state index contributed by atoms with van der Waals surface area (Å²) in [5.41, 5.74) is 0. The summed E-state index contributed by atoms with van der Waals surface area (Å²) in [5, 5.41) is 11.6. The summed E-state index contributed by atoms with van der Waals surface area (Å²) in [6.07, 6.45) is 45.0. The molecule has 8 heteroatoms. The fraction of sp³-hybridized carbons (Fsp3) is 0.674. The molecule has 0 saturated carbocycles. The van der Waals surface area contributed by atoms with Crippen LogP contribution in [-0.4, -0.2) is 75.5 Å². The van der Waals surface area contributed by atoms with Gasteiger partial charge in [-0.05, 0) is 77.0 Å². The molecular weight excluding hydrogens is 679 g/mol. The largest absolute Gasteiger partial charge is 0.544 e. The van der Waals surface area contributed by atoms with E-state index in [4.69, 9.17) is 14.2 Å². The zero-order chi connectivity index (χ0) is 40.0. The number of likely N-dealkylation sites (N-methyl/N-ethyl adjacent to an activating group) is 1. The molecule has 0 aromatic rings. The van der Waals surface area contributed by atoms with Crippen LogP contribution < -0.4 is 5.11 Å². The molecule has 0 aromatic heterocycles. The SMILES string of the molecule is CC/C=C\C/C=C\C/C=C\CCCCCCCCCC(=O)OC(COCCC(C(=O)[O-])[N+](C)(C)C)COC(=O)CCCCC/C=C\C/C=C\C/C=C\CC. The van der Waals surface area contributed by atoms with Crippen LogP contribution in [0.3, 0.4) is 0 Å². The predicted octanol–water partition coefficient (Wildman–Crippen LogP) is 9.85. The number of rotatable bonds is 36. The maximum absolute atomic E-state index is 12.7. The van der Waals surface area contributed by atoms with Gasteiger partial charge in [-0.2, -0.15) is 0 Å². The molecule has 0 spiro atoms. The van der Waals surface area contributed by atoms with E-state index in [1.54, 1.807) is 21.1 Å². The number of carboxylic acid groups (broad SMARTS) is 1. The Bertz CT molecular complexity index is 1110. The van der Waals surface area contributed by atoms with E-state index in [0.29, 0.717) is 12.8 Å². The van der Waals surface area contributed by atoms with Gasteiger partial charge in [0.05, 0.1) is 40.3 Å². The minimum absolute atomic E-state index is 0.0232. The lowest BCUT2D eigenvalue weighted by atomic mass is 10.1.